The maximum Gasteiger partial charge on any atom is 0.227 e. The van der Waals surface area contributed by atoms with E-state index in [-0.39, 0.29) is 19.2 Å². The molecule has 2 fully saturated rings. The lowest BCUT2D eigenvalue weighted by molar-refractivity contribution is 0.122. The number of nitrogens with zero attached hydrogens (tertiary/aromatic N) is 4. The third-order valence-corrected chi connectivity index (χ3v) is 3.79. The molecule has 0 radical (unpaired) electrons. The highest BCUT2D eigenvalue weighted by atomic mass is 19.1. The van der Waals surface area contributed by atoms with Crippen LogP contribution in [0.15, 0.2) is 12.3 Å². The van der Waals surface area contributed by atoms with Crippen molar-refractivity contribution in [1.82, 2.24) is 9.97 Å². The van der Waals surface area contributed by atoms with E-state index in [0.717, 1.165) is 13.1 Å². The predicted molar refractivity (Wildman–Crippen MR) is 72.8 cm³/mol. The molecule has 0 amide bonds. The van der Waals surface area contributed by atoms with Gasteiger partial charge < -0.3 is 19.6 Å². The Balaban J connectivity index is 1.79. The zero-order valence-corrected chi connectivity index (χ0v) is 11.3. The van der Waals surface area contributed by atoms with E-state index in [1.807, 2.05) is 4.90 Å². The number of anilines is 2. The lowest BCUT2D eigenvalue weighted by atomic mass is 10.2. The van der Waals surface area contributed by atoms with E-state index in [4.69, 9.17) is 4.74 Å². The monoisotopic (exact) mass is 282 g/mol. The van der Waals surface area contributed by atoms with Crippen molar-refractivity contribution < 1.29 is 14.2 Å². The molecule has 2 aliphatic rings. The van der Waals surface area contributed by atoms with Crippen molar-refractivity contribution in [1.29, 1.82) is 0 Å². The molecule has 0 bridgehead atoms. The molecule has 0 spiro atoms. The summed E-state index contributed by atoms with van der Waals surface area (Å²) in [6.07, 6.45) is 1.13. The van der Waals surface area contributed by atoms with Gasteiger partial charge in [0, 0.05) is 25.7 Å². The first-order valence-electron chi connectivity index (χ1n) is 6.95. The summed E-state index contributed by atoms with van der Waals surface area (Å²) < 4.78 is 18.8. The number of ether oxygens (including phenoxy) is 1. The van der Waals surface area contributed by atoms with Gasteiger partial charge in [0.15, 0.2) is 0 Å². The van der Waals surface area contributed by atoms with Crippen LogP contribution in [0.3, 0.4) is 0 Å². The van der Waals surface area contributed by atoms with Crippen LogP contribution in [-0.2, 0) is 4.74 Å². The molecule has 2 atom stereocenters. The molecule has 2 saturated heterocycles. The summed E-state index contributed by atoms with van der Waals surface area (Å²) in [6, 6.07) is 1.57. The molecular weight excluding hydrogens is 263 g/mol. The van der Waals surface area contributed by atoms with Gasteiger partial charge in [0.05, 0.1) is 32.4 Å². The minimum Gasteiger partial charge on any atom is -0.394 e. The van der Waals surface area contributed by atoms with Gasteiger partial charge in [-0.25, -0.2) is 9.37 Å². The molecule has 0 saturated carbocycles. The number of morpholine rings is 1. The Kier molecular flexibility index (Phi) is 3.98. The number of hydrogen-bond acceptors (Lipinski definition) is 6. The quantitative estimate of drug-likeness (QED) is 0.856. The minimum atomic E-state index is -0.908. The number of halogens is 1. The average molecular weight is 282 g/mol. The van der Waals surface area contributed by atoms with Gasteiger partial charge in [0.2, 0.25) is 5.95 Å². The standard InChI is InChI=1S/C13H19FN4O2/c14-10-7-11(9-19)18(8-10)12-1-2-15-13(16-12)17-3-5-20-6-4-17/h1-2,10-11,19H,3-9H2/t10-,11-/m0/s1. The molecule has 1 aromatic heterocycles. The fraction of sp³-hybridized carbons (Fsp3) is 0.692. The van der Waals surface area contributed by atoms with Crippen LogP contribution in [0.1, 0.15) is 6.42 Å². The van der Waals surface area contributed by atoms with Gasteiger partial charge in [-0.15, -0.1) is 0 Å². The second-order valence-corrected chi connectivity index (χ2v) is 5.14. The predicted octanol–water partition coefficient (Wildman–Crippen LogP) is 0.222. The normalized spacial score (nSPS) is 27.1. The Morgan fingerprint density at radius 1 is 1.40 bits per heavy atom. The van der Waals surface area contributed by atoms with E-state index >= 15 is 0 Å². The summed E-state index contributed by atoms with van der Waals surface area (Å²) in [5.41, 5.74) is 0. The molecule has 110 valence electrons. The van der Waals surface area contributed by atoms with Crippen molar-refractivity contribution in [2.45, 2.75) is 18.6 Å². The highest BCUT2D eigenvalue weighted by Crippen LogP contribution is 2.26. The van der Waals surface area contributed by atoms with Crippen molar-refractivity contribution in [2.24, 2.45) is 0 Å². The molecular formula is C13H19FN4O2. The molecule has 0 aliphatic carbocycles. The van der Waals surface area contributed by atoms with Gasteiger partial charge in [0.25, 0.3) is 0 Å². The van der Waals surface area contributed by atoms with Crippen molar-refractivity contribution in [3.63, 3.8) is 0 Å². The third-order valence-electron chi connectivity index (χ3n) is 3.79. The number of hydrogen-bond donors (Lipinski definition) is 1. The van der Waals surface area contributed by atoms with Crippen molar-refractivity contribution in [3.8, 4) is 0 Å². The van der Waals surface area contributed by atoms with Gasteiger partial charge >= 0.3 is 0 Å². The second-order valence-electron chi connectivity index (χ2n) is 5.14. The topological polar surface area (TPSA) is 61.7 Å². The molecule has 0 aromatic carbocycles. The molecule has 1 N–H and O–H groups in total. The zero-order valence-electron chi connectivity index (χ0n) is 11.3. The van der Waals surface area contributed by atoms with Crippen LogP contribution in [0.4, 0.5) is 16.2 Å². The molecule has 3 heterocycles. The van der Waals surface area contributed by atoms with E-state index in [0.29, 0.717) is 31.4 Å². The van der Waals surface area contributed by atoms with Crippen LogP contribution in [0, 0.1) is 0 Å². The molecule has 7 heteroatoms. The van der Waals surface area contributed by atoms with Gasteiger partial charge in [0.1, 0.15) is 12.0 Å². The van der Waals surface area contributed by atoms with Gasteiger partial charge in [-0.05, 0) is 6.07 Å². The van der Waals surface area contributed by atoms with Crippen LogP contribution in [0.2, 0.25) is 0 Å². The first-order valence-corrected chi connectivity index (χ1v) is 6.95. The Labute approximate surface area is 117 Å². The number of rotatable bonds is 3. The SMILES string of the molecule is OC[C@@H]1C[C@H](F)CN1c1ccnc(N2CCOCC2)n1. The Morgan fingerprint density at radius 3 is 2.95 bits per heavy atom. The first kappa shape index (κ1) is 13.5. The summed E-state index contributed by atoms with van der Waals surface area (Å²) in [7, 11) is 0. The van der Waals surface area contributed by atoms with Crippen molar-refractivity contribution >= 4 is 11.8 Å². The van der Waals surface area contributed by atoms with Crippen molar-refractivity contribution in [3.05, 3.63) is 12.3 Å². The van der Waals surface area contributed by atoms with Crippen LogP contribution in [-0.4, -0.2) is 66.7 Å². The summed E-state index contributed by atoms with van der Waals surface area (Å²) >= 11 is 0. The average Bonchev–Trinajstić information content (AvgIpc) is 2.89. The minimum absolute atomic E-state index is 0.0582. The molecule has 0 unspecified atom stereocenters. The number of aliphatic hydroxyl groups is 1. The van der Waals surface area contributed by atoms with E-state index in [1.165, 1.54) is 0 Å². The van der Waals surface area contributed by atoms with Gasteiger partial charge in [-0.3, -0.25) is 0 Å². The Morgan fingerprint density at radius 2 is 2.20 bits per heavy atom. The van der Waals surface area contributed by atoms with Gasteiger partial charge in [-0.2, -0.15) is 4.98 Å². The summed E-state index contributed by atoms with van der Waals surface area (Å²) in [5.74, 6) is 1.32. The zero-order chi connectivity index (χ0) is 13.9. The molecule has 20 heavy (non-hydrogen) atoms. The maximum atomic E-state index is 13.5. The summed E-state index contributed by atoms with van der Waals surface area (Å²) in [5, 5.41) is 9.35. The van der Waals surface area contributed by atoms with Crippen LogP contribution >= 0.6 is 0 Å². The highest BCUT2D eigenvalue weighted by Gasteiger charge is 2.32. The van der Waals surface area contributed by atoms with E-state index in [2.05, 4.69) is 14.9 Å². The Hall–Kier alpha value is -1.47. The largest absolute Gasteiger partial charge is 0.394 e. The lowest BCUT2D eigenvalue weighted by Gasteiger charge is -2.28. The first-order chi connectivity index (χ1) is 9.78. The van der Waals surface area contributed by atoms with Gasteiger partial charge in [-0.1, -0.05) is 0 Å². The number of aromatic nitrogens is 2. The fourth-order valence-electron chi connectivity index (χ4n) is 2.73. The third kappa shape index (κ3) is 2.69. The van der Waals surface area contributed by atoms with Crippen LogP contribution in [0.25, 0.3) is 0 Å². The van der Waals surface area contributed by atoms with Crippen LogP contribution in [0.5, 0.6) is 0 Å². The molecule has 3 rings (SSSR count). The van der Waals surface area contributed by atoms with E-state index in [9.17, 15) is 9.50 Å². The molecule has 2 aliphatic heterocycles. The maximum absolute atomic E-state index is 13.5. The Bertz CT molecular complexity index is 456. The molecule has 6 nitrogen and oxygen atoms in total. The van der Waals surface area contributed by atoms with E-state index < -0.39 is 6.17 Å². The van der Waals surface area contributed by atoms with E-state index in [1.54, 1.807) is 12.3 Å². The second kappa shape index (κ2) is 5.88. The summed E-state index contributed by atoms with van der Waals surface area (Å²) in [6.45, 7) is 3.09. The molecule has 1 aromatic rings. The number of aliphatic hydroxyl groups excluding tert-OH is 1. The number of alkyl halides is 1. The lowest BCUT2D eigenvalue weighted by Crippen LogP contribution is -2.38. The van der Waals surface area contributed by atoms with Crippen molar-refractivity contribution in [2.75, 3.05) is 49.3 Å². The fourth-order valence-corrected chi connectivity index (χ4v) is 2.73. The smallest absolute Gasteiger partial charge is 0.227 e. The van der Waals surface area contributed by atoms with Crippen LogP contribution < -0.4 is 9.80 Å². The summed E-state index contributed by atoms with van der Waals surface area (Å²) in [4.78, 5) is 12.7. The highest BCUT2D eigenvalue weighted by molar-refractivity contribution is 5.46.